The van der Waals surface area contributed by atoms with Gasteiger partial charge in [0.25, 0.3) is 11.8 Å². The summed E-state index contributed by atoms with van der Waals surface area (Å²) < 4.78 is 16.8. The highest BCUT2D eigenvalue weighted by molar-refractivity contribution is 6.07. The van der Waals surface area contributed by atoms with Crippen molar-refractivity contribution in [3.05, 3.63) is 47.7 Å². The number of rotatable bonds is 4. The summed E-state index contributed by atoms with van der Waals surface area (Å²) in [5.41, 5.74) is 2.39. The van der Waals surface area contributed by atoms with Gasteiger partial charge >= 0.3 is 0 Å². The number of benzene rings is 2. The molecule has 0 spiro atoms. The van der Waals surface area contributed by atoms with Gasteiger partial charge in [0.1, 0.15) is 17.1 Å². The molecule has 1 aromatic heterocycles. The number of anilines is 2. The maximum atomic E-state index is 12.7. The molecule has 0 saturated heterocycles. The standard InChI is InChI=1S/C21H20N2O5/c1-4-26-14-6-8-17-15(10-14)11(2)19(28-17)21(25)22-13-5-7-18-16(9-13)23-20(24)12(3)27-18/h5-10,12H,4H2,1-3H3,(H,22,25)(H,23,24)/t12-/m0/s1. The first-order valence-electron chi connectivity index (χ1n) is 9.05. The molecule has 144 valence electrons. The van der Waals surface area contributed by atoms with Crippen LogP contribution in [-0.4, -0.2) is 24.5 Å². The predicted octanol–water partition coefficient (Wildman–Crippen LogP) is 4.11. The molecule has 4 rings (SSSR count). The van der Waals surface area contributed by atoms with Crippen LogP contribution in [-0.2, 0) is 4.79 Å². The SMILES string of the molecule is CCOc1ccc2oc(C(=O)Nc3ccc4c(c3)NC(=O)[C@H](C)O4)c(C)c2c1. The molecule has 2 N–H and O–H groups in total. The highest BCUT2D eigenvalue weighted by atomic mass is 16.5. The van der Waals surface area contributed by atoms with Crippen LogP contribution < -0.4 is 20.1 Å². The summed E-state index contributed by atoms with van der Waals surface area (Å²) >= 11 is 0. The van der Waals surface area contributed by atoms with E-state index in [2.05, 4.69) is 10.6 Å². The molecule has 2 amide bonds. The number of amides is 2. The van der Waals surface area contributed by atoms with Gasteiger partial charge in [-0.1, -0.05) is 0 Å². The predicted molar refractivity (Wildman–Crippen MR) is 105 cm³/mol. The number of hydrogen-bond acceptors (Lipinski definition) is 5. The molecule has 1 atom stereocenters. The van der Waals surface area contributed by atoms with Crippen LogP contribution in [0.3, 0.4) is 0 Å². The van der Waals surface area contributed by atoms with Gasteiger partial charge in [0, 0.05) is 16.6 Å². The van der Waals surface area contributed by atoms with Crippen molar-refractivity contribution in [2.45, 2.75) is 26.9 Å². The Bertz CT molecular complexity index is 1090. The molecule has 7 nitrogen and oxygen atoms in total. The summed E-state index contributed by atoms with van der Waals surface area (Å²) in [4.78, 5) is 24.5. The molecule has 0 fully saturated rings. The monoisotopic (exact) mass is 380 g/mol. The van der Waals surface area contributed by atoms with Crippen LogP contribution in [0.2, 0.25) is 0 Å². The number of carbonyl (C=O) groups excluding carboxylic acids is 2. The van der Waals surface area contributed by atoms with Crippen LogP contribution in [0, 0.1) is 6.92 Å². The number of aryl methyl sites for hydroxylation is 1. The van der Waals surface area contributed by atoms with Crippen LogP contribution in [0.1, 0.15) is 30.0 Å². The number of hydrogen-bond donors (Lipinski definition) is 2. The zero-order valence-electron chi connectivity index (χ0n) is 15.8. The Morgan fingerprint density at radius 3 is 2.86 bits per heavy atom. The van der Waals surface area contributed by atoms with Gasteiger partial charge in [-0.2, -0.15) is 0 Å². The van der Waals surface area contributed by atoms with Crippen LogP contribution in [0.25, 0.3) is 11.0 Å². The molecule has 2 heterocycles. The lowest BCUT2D eigenvalue weighted by molar-refractivity contribution is -0.122. The maximum Gasteiger partial charge on any atom is 0.291 e. The van der Waals surface area contributed by atoms with Crippen LogP contribution in [0.15, 0.2) is 40.8 Å². The summed E-state index contributed by atoms with van der Waals surface area (Å²) in [6.45, 7) is 5.99. The molecule has 7 heteroatoms. The molecule has 2 aromatic carbocycles. The van der Waals surface area contributed by atoms with E-state index in [0.717, 1.165) is 16.7 Å². The van der Waals surface area contributed by atoms with Crippen LogP contribution in [0.5, 0.6) is 11.5 Å². The number of carbonyl (C=O) groups is 2. The third-order valence-corrected chi connectivity index (χ3v) is 4.59. The zero-order chi connectivity index (χ0) is 19.8. The first-order chi connectivity index (χ1) is 13.5. The Morgan fingerprint density at radius 1 is 1.25 bits per heavy atom. The molecule has 3 aromatic rings. The van der Waals surface area contributed by atoms with Crippen molar-refractivity contribution >= 4 is 34.2 Å². The molecular formula is C21H20N2O5. The number of nitrogens with one attached hydrogen (secondary N) is 2. The smallest absolute Gasteiger partial charge is 0.291 e. The van der Waals surface area contributed by atoms with Gasteiger partial charge in [-0.25, -0.2) is 0 Å². The number of furan rings is 1. The highest BCUT2D eigenvalue weighted by Gasteiger charge is 2.24. The maximum absolute atomic E-state index is 12.7. The van der Waals surface area contributed by atoms with E-state index in [0.29, 0.717) is 29.3 Å². The van der Waals surface area contributed by atoms with Crippen molar-refractivity contribution in [3.63, 3.8) is 0 Å². The minimum atomic E-state index is -0.548. The lowest BCUT2D eigenvalue weighted by Crippen LogP contribution is -2.34. The minimum absolute atomic E-state index is 0.228. The van der Waals surface area contributed by atoms with E-state index in [-0.39, 0.29) is 17.6 Å². The Balaban J connectivity index is 1.59. The summed E-state index contributed by atoms with van der Waals surface area (Å²) in [7, 11) is 0. The Kier molecular flexibility index (Phi) is 4.43. The topological polar surface area (TPSA) is 89.8 Å². The average molecular weight is 380 g/mol. The van der Waals surface area contributed by atoms with Crippen molar-refractivity contribution in [2.24, 2.45) is 0 Å². The van der Waals surface area contributed by atoms with E-state index < -0.39 is 6.10 Å². The second-order valence-electron chi connectivity index (χ2n) is 6.56. The van der Waals surface area contributed by atoms with Crippen molar-refractivity contribution in [1.82, 2.24) is 0 Å². The Labute approximate surface area is 161 Å². The quantitative estimate of drug-likeness (QED) is 0.711. The van der Waals surface area contributed by atoms with Crippen molar-refractivity contribution in [2.75, 3.05) is 17.2 Å². The molecule has 0 aliphatic carbocycles. The molecule has 28 heavy (non-hydrogen) atoms. The van der Waals surface area contributed by atoms with E-state index >= 15 is 0 Å². The van der Waals surface area contributed by atoms with Gasteiger partial charge in [0.15, 0.2) is 11.9 Å². The van der Waals surface area contributed by atoms with Crippen LogP contribution >= 0.6 is 0 Å². The van der Waals surface area contributed by atoms with Crippen molar-refractivity contribution in [3.8, 4) is 11.5 Å². The fraction of sp³-hybridized carbons (Fsp3) is 0.238. The molecule has 0 bridgehead atoms. The second-order valence-corrected chi connectivity index (χ2v) is 6.56. The molecule has 1 aliphatic heterocycles. The summed E-state index contributed by atoms with van der Waals surface area (Å²) in [6, 6.07) is 10.5. The summed E-state index contributed by atoms with van der Waals surface area (Å²) in [6.07, 6.45) is -0.548. The van der Waals surface area contributed by atoms with E-state index in [1.54, 1.807) is 31.2 Å². The lowest BCUT2D eigenvalue weighted by Gasteiger charge is -2.23. The molecule has 1 aliphatic rings. The van der Waals surface area contributed by atoms with E-state index in [1.807, 2.05) is 26.0 Å². The summed E-state index contributed by atoms with van der Waals surface area (Å²) in [5.74, 6) is 0.923. The van der Waals surface area contributed by atoms with Gasteiger partial charge in [-0.05, 0) is 57.2 Å². The Morgan fingerprint density at radius 2 is 2.07 bits per heavy atom. The average Bonchev–Trinajstić information content (AvgIpc) is 3.00. The Hall–Kier alpha value is -3.48. The first-order valence-corrected chi connectivity index (χ1v) is 9.05. The number of fused-ring (bicyclic) bond motifs is 2. The first kappa shape index (κ1) is 17.9. The van der Waals surface area contributed by atoms with Gasteiger partial charge < -0.3 is 24.5 Å². The largest absolute Gasteiger partial charge is 0.494 e. The van der Waals surface area contributed by atoms with Crippen molar-refractivity contribution < 1.29 is 23.5 Å². The zero-order valence-corrected chi connectivity index (χ0v) is 15.8. The molecular weight excluding hydrogens is 360 g/mol. The normalized spacial score (nSPS) is 15.5. The van der Waals surface area contributed by atoms with Gasteiger partial charge in [-0.3, -0.25) is 9.59 Å². The van der Waals surface area contributed by atoms with Gasteiger partial charge in [0.05, 0.1) is 12.3 Å². The molecule has 0 radical (unpaired) electrons. The van der Waals surface area contributed by atoms with Gasteiger partial charge in [0.2, 0.25) is 0 Å². The highest BCUT2D eigenvalue weighted by Crippen LogP contribution is 2.33. The third-order valence-electron chi connectivity index (χ3n) is 4.59. The fourth-order valence-corrected chi connectivity index (χ4v) is 3.15. The number of ether oxygens (including phenoxy) is 2. The third kappa shape index (κ3) is 3.15. The molecule has 0 saturated carbocycles. The van der Waals surface area contributed by atoms with E-state index in [9.17, 15) is 9.59 Å². The van der Waals surface area contributed by atoms with E-state index in [1.165, 1.54) is 0 Å². The van der Waals surface area contributed by atoms with Crippen molar-refractivity contribution in [1.29, 1.82) is 0 Å². The minimum Gasteiger partial charge on any atom is -0.494 e. The summed E-state index contributed by atoms with van der Waals surface area (Å²) in [5, 5.41) is 6.40. The fourth-order valence-electron chi connectivity index (χ4n) is 3.15. The second kappa shape index (κ2) is 6.92. The van der Waals surface area contributed by atoms with E-state index in [4.69, 9.17) is 13.9 Å². The lowest BCUT2D eigenvalue weighted by atomic mass is 10.1. The molecule has 0 unspecified atom stereocenters. The van der Waals surface area contributed by atoms with Crippen LogP contribution in [0.4, 0.5) is 11.4 Å². The van der Waals surface area contributed by atoms with Gasteiger partial charge in [-0.15, -0.1) is 0 Å².